The molecule has 1 fully saturated rings. The fraction of sp³-hybridized carbons (Fsp3) is 0.462. The first-order valence-electron chi connectivity index (χ1n) is 5.97. The summed E-state index contributed by atoms with van der Waals surface area (Å²) in [5, 5.41) is 2.70. The van der Waals surface area contributed by atoms with E-state index in [9.17, 15) is 4.79 Å². The highest BCUT2D eigenvalue weighted by molar-refractivity contribution is 5.84. The Hall–Kier alpha value is -1.55. The average molecular weight is 232 g/mol. The smallest absolute Gasteiger partial charge is 0.411 e. The quantitative estimate of drug-likeness (QED) is 0.851. The van der Waals surface area contributed by atoms with E-state index in [1.165, 1.54) is 31.1 Å². The zero-order valence-corrected chi connectivity index (χ0v) is 9.90. The number of hydrogen-bond donors (Lipinski definition) is 1. The third-order valence-corrected chi connectivity index (χ3v) is 3.45. The SMILES string of the molecule is COC(=O)Nc1ccc2c(c1)CN(C1CC1)C2. The molecule has 1 saturated carbocycles. The number of ether oxygens (including phenoxy) is 1. The number of methoxy groups -OCH3 is 1. The number of anilines is 1. The Bertz CT molecular complexity index is 455. The van der Waals surface area contributed by atoms with Crippen molar-refractivity contribution in [3.05, 3.63) is 29.3 Å². The first-order chi connectivity index (χ1) is 8.26. The summed E-state index contributed by atoms with van der Waals surface area (Å²) in [5.74, 6) is 0. The van der Waals surface area contributed by atoms with E-state index < -0.39 is 6.09 Å². The lowest BCUT2D eigenvalue weighted by molar-refractivity contribution is 0.187. The summed E-state index contributed by atoms with van der Waals surface area (Å²) in [6, 6.07) is 6.88. The molecule has 1 heterocycles. The highest BCUT2D eigenvalue weighted by Crippen LogP contribution is 2.35. The topological polar surface area (TPSA) is 41.6 Å². The minimum Gasteiger partial charge on any atom is -0.453 e. The molecule has 1 aliphatic heterocycles. The van der Waals surface area contributed by atoms with Gasteiger partial charge >= 0.3 is 6.09 Å². The summed E-state index contributed by atoms with van der Waals surface area (Å²) < 4.78 is 4.58. The Balaban J connectivity index is 1.74. The molecule has 0 saturated heterocycles. The molecule has 4 heteroatoms. The normalized spacial score (nSPS) is 18.9. The summed E-state index contributed by atoms with van der Waals surface area (Å²) in [5.41, 5.74) is 3.52. The minimum absolute atomic E-state index is 0.415. The summed E-state index contributed by atoms with van der Waals surface area (Å²) in [7, 11) is 1.37. The largest absolute Gasteiger partial charge is 0.453 e. The van der Waals surface area contributed by atoms with Crippen LogP contribution in [0.3, 0.4) is 0 Å². The Morgan fingerprint density at radius 2 is 2.12 bits per heavy atom. The number of fused-ring (bicyclic) bond motifs is 1. The van der Waals surface area contributed by atoms with Gasteiger partial charge in [-0.25, -0.2) is 4.79 Å². The van der Waals surface area contributed by atoms with Gasteiger partial charge in [-0.05, 0) is 36.1 Å². The van der Waals surface area contributed by atoms with Crippen LogP contribution in [0.4, 0.5) is 10.5 Å². The molecule has 3 rings (SSSR count). The molecule has 1 aromatic rings. The molecule has 1 aliphatic carbocycles. The van der Waals surface area contributed by atoms with Crippen LogP contribution in [0.2, 0.25) is 0 Å². The van der Waals surface area contributed by atoms with E-state index in [-0.39, 0.29) is 0 Å². The molecule has 0 atom stereocenters. The second-order valence-corrected chi connectivity index (χ2v) is 4.74. The summed E-state index contributed by atoms with van der Waals surface area (Å²) in [6.07, 6.45) is 2.25. The molecule has 0 radical (unpaired) electrons. The number of nitrogens with zero attached hydrogens (tertiary/aromatic N) is 1. The van der Waals surface area contributed by atoms with Crippen LogP contribution >= 0.6 is 0 Å². The zero-order valence-electron chi connectivity index (χ0n) is 9.90. The van der Waals surface area contributed by atoms with Gasteiger partial charge in [0.1, 0.15) is 0 Å². The maximum Gasteiger partial charge on any atom is 0.411 e. The van der Waals surface area contributed by atoms with Gasteiger partial charge in [0.2, 0.25) is 0 Å². The first kappa shape index (κ1) is 10.6. The van der Waals surface area contributed by atoms with Gasteiger partial charge in [-0.2, -0.15) is 0 Å². The van der Waals surface area contributed by atoms with E-state index in [2.05, 4.69) is 27.1 Å². The van der Waals surface area contributed by atoms with Crippen molar-refractivity contribution in [3.63, 3.8) is 0 Å². The predicted molar refractivity (Wildman–Crippen MR) is 64.7 cm³/mol. The Morgan fingerprint density at radius 3 is 2.82 bits per heavy atom. The van der Waals surface area contributed by atoms with Crippen molar-refractivity contribution in [2.24, 2.45) is 0 Å². The minimum atomic E-state index is -0.415. The van der Waals surface area contributed by atoms with Crippen LogP contribution in [-0.4, -0.2) is 24.1 Å². The van der Waals surface area contributed by atoms with Crippen molar-refractivity contribution in [2.45, 2.75) is 32.0 Å². The van der Waals surface area contributed by atoms with Crippen LogP contribution in [0.1, 0.15) is 24.0 Å². The molecule has 0 bridgehead atoms. The number of carbonyl (C=O) groups is 1. The van der Waals surface area contributed by atoms with E-state index in [0.717, 1.165) is 24.8 Å². The third kappa shape index (κ3) is 2.13. The molecule has 4 nitrogen and oxygen atoms in total. The van der Waals surface area contributed by atoms with E-state index in [1.54, 1.807) is 0 Å². The fourth-order valence-corrected chi connectivity index (χ4v) is 2.37. The van der Waals surface area contributed by atoms with Crippen LogP contribution in [0.25, 0.3) is 0 Å². The lowest BCUT2D eigenvalue weighted by Gasteiger charge is -2.11. The number of carbonyl (C=O) groups excluding carboxylic acids is 1. The molecule has 2 aliphatic rings. The fourth-order valence-electron chi connectivity index (χ4n) is 2.37. The Labute approximate surface area is 101 Å². The Morgan fingerprint density at radius 1 is 1.35 bits per heavy atom. The second-order valence-electron chi connectivity index (χ2n) is 4.74. The summed E-state index contributed by atoms with van der Waals surface area (Å²) >= 11 is 0. The molecular weight excluding hydrogens is 216 g/mol. The number of nitrogens with one attached hydrogen (secondary N) is 1. The number of rotatable bonds is 2. The van der Waals surface area contributed by atoms with E-state index >= 15 is 0 Å². The van der Waals surface area contributed by atoms with Crippen molar-refractivity contribution in [1.82, 2.24) is 4.90 Å². The standard InChI is InChI=1S/C13H16N2O2/c1-17-13(16)14-11-3-2-9-7-15(12-4-5-12)8-10(9)6-11/h2-3,6,12H,4-5,7-8H2,1H3,(H,14,16). The van der Waals surface area contributed by atoms with Gasteiger partial charge in [-0.1, -0.05) is 6.07 Å². The number of benzene rings is 1. The van der Waals surface area contributed by atoms with Crippen LogP contribution in [0.5, 0.6) is 0 Å². The average Bonchev–Trinajstić information content (AvgIpc) is 3.09. The maximum absolute atomic E-state index is 11.1. The van der Waals surface area contributed by atoms with Crippen molar-refractivity contribution < 1.29 is 9.53 Å². The predicted octanol–water partition coefficient (Wildman–Crippen LogP) is 2.34. The van der Waals surface area contributed by atoms with Crippen molar-refractivity contribution in [2.75, 3.05) is 12.4 Å². The maximum atomic E-state index is 11.1. The highest BCUT2D eigenvalue weighted by atomic mass is 16.5. The van der Waals surface area contributed by atoms with Crippen molar-refractivity contribution in [3.8, 4) is 0 Å². The molecule has 1 aromatic carbocycles. The van der Waals surface area contributed by atoms with Crippen molar-refractivity contribution in [1.29, 1.82) is 0 Å². The molecule has 1 amide bonds. The monoisotopic (exact) mass is 232 g/mol. The Kier molecular flexibility index (Phi) is 2.52. The molecule has 17 heavy (non-hydrogen) atoms. The van der Waals surface area contributed by atoms with E-state index in [4.69, 9.17) is 0 Å². The lowest BCUT2D eigenvalue weighted by atomic mass is 10.1. The van der Waals surface area contributed by atoms with Gasteiger partial charge in [0.15, 0.2) is 0 Å². The van der Waals surface area contributed by atoms with Gasteiger partial charge in [0.25, 0.3) is 0 Å². The molecule has 0 unspecified atom stereocenters. The van der Waals surface area contributed by atoms with Gasteiger partial charge in [-0.3, -0.25) is 10.2 Å². The summed E-state index contributed by atoms with van der Waals surface area (Å²) in [4.78, 5) is 13.6. The molecular formula is C13H16N2O2. The number of amides is 1. The first-order valence-corrected chi connectivity index (χ1v) is 5.97. The molecule has 90 valence electrons. The van der Waals surface area contributed by atoms with Crippen molar-refractivity contribution >= 4 is 11.8 Å². The van der Waals surface area contributed by atoms with Crippen LogP contribution < -0.4 is 5.32 Å². The highest BCUT2D eigenvalue weighted by Gasteiger charge is 2.32. The van der Waals surface area contributed by atoms with E-state index in [0.29, 0.717) is 0 Å². The molecule has 0 aromatic heterocycles. The van der Waals surface area contributed by atoms with E-state index in [1.807, 2.05) is 6.07 Å². The molecule has 1 N–H and O–H groups in total. The summed E-state index contributed by atoms with van der Waals surface area (Å²) in [6.45, 7) is 2.06. The van der Waals surface area contributed by atoms with Crippen LogP contribution in [0.15, 0.2) is 18.2 Å². The second kappa shape index (κ2) is 4.04. The third-order valence-electron chi connectivity index (χ3n) is 3.45. The van der Waals surface area contributed by atoms with Gasteiger partial charge < -0.3 is 4.74 Å². The van der Waals surface area contributed by atoms with Crippen LogP contribution in [0, 0.1) is 0 Å². The van der Waals surface area contributed by atoms with Crippen LogP contribution in [-0.2, 0) is 17.8 Å². The van der Waals surface area contributed by atoms with Gasteiger partial charge in [0, 0.05) is 24.8 Å². The zero-order chi connectivity index (χ0) is 11.8. The number of hydrogen-bond acceptors (Lipinski definition) is 3. The molecule has 0 spiro atoms. The van der Waals surface area contributed by atoms with Gasteiger partial charge in [-0.15, -0.1) is 0 Å². The van der Waals surface area contributed by atoms with Gasteiger partial charge in [0.05, 0.1) is 7.11 Å². The lowest BCUT2D eigenvalue weighted by Crippen LogP contribution is -2.18.